The van der Waals surface area contributed by atoms with Gasteiger partial charge in [0.1, 0.15) is 11.5 Å². The van der Waals surface area contributed by atoms with Crippen molar-refractivity contribution >= 4 is 0 Å². The van der Waals surface area contributed by atoms with Crippen molar-refractivity contribution in [2.45, 2.75) is 25.6 Å². The molecule has 5 nitrogen and oxygen atoms in total. The molecule has 0 spiro atoms. The summed E-state index contributed by atoms with van der Waals surface area (Å²) in [7, 11) is 3.35. The van der Waals surface area contributed by atoms with E-state index in [1.165, 1.54) is 5.56 Å². The van der Waals surface area contributed by atoms with Crippen LogP contribution in [0.1, 0.15) is 30.9 Å². The van der Waals surface area contributed by atoms with Crippen LogP contribution in [-0.2, 0) is 4.74 Å². The molecule has 2 aliphatic heterocycles. The monoisotopic (exact) mass is 342 g/mol. The van der Waals surface area contributed by atoms with Gasteiger partial charge in [-0.2, -0.15) is 0 Å². The largest absolute Gasteiger partial charge is 0.497 e. The molecule has 0 amide bonds. The zero-order valence-electron chi connectivity index (χ0n) is 14.9. The summed E-state index contributed by atoms with van der Waals surface area (Å²) in [5, 5.41) is 0. The number of methoxy groups -OCH3 is 2. The predicted octanol–water partition coefficient (Wildman–Crippen LogP) is 3.95. The highest BCUT2D eigenvalue weighted by molar-refractivity contribution is 5.56. The Bertz CT molecular complexity index is 785. The van der Waals surface area contributed by atoms with E-state index < -0.39 is 5.79 Å². The molecule has 2 aromatic rings. The Hall–Kier alpha value is -2.40. The van der Waals surface area contributed by atoms with Crippen molar-refractivity contribution in [1.82, 2.24) is 0 Å². The van der Waals surface area contributed by atoms with Gasteiger partial charge in [0.25, 0.3) is 0 Å². The number of hydrogen-bond acceptors (Lipinski definition) is 5. The third kappa shape index (κ3) is 2.50. The van der Waals surface area contributed by atoms with E-state index in [4.69, 9.17) is 23.7 Å². The minimum Gasteiger partial charge on any atom is -0.497 e. The molecule has 25 heavy (non-hydrogen) atoms. The van der Waals surface area contributed by atoms with E-state index in [2.05, 4.69) is 19.1 Å². The van der Waals surface area contributed by atoms with Crippen molar-refractivity contribution in [2.24, 2.45) is 5.92 Å². The topological polar surface area (TPSA) is 46.2 Å². The average Bonchev–Trinajstić information content (AvgIpc) is 3.09. The van der Waals surface area contributed by atoms with E-state index >= 15 is 0 Å². The molecule has 0 aromatic heterocycles. The van der Waals surface area contributed by atoms with Gasteiger partial charge >= 0.3 is 0 Å². The average molecular weight is 342 g/mol. The molecular formula is C20H22O5. The van der Waals surface area contributed by atoms with Gasteiger partial charge in [-0.05, 0) is 23.8 Å². The number of rotatable bonds is 3. The zero-order chi connectivity index (χ0) is 17.6. The second-order valence-electron chi connectivity index (χ2n) is 6.60. The lowest BCUT2D eigenvalue weighted by Gasteiger charge is -2.44. The predicted molar refractivity (Wildman–Crippen MR) is 92.6 cm³/mol. The Morgan fingerprint density at radius 3 is 2.32 bits per heavy atom. The molecule has 2 aromatic carbocycles. The SMILES string of the molecule is COc1ccc([C@H]2c3cc4c(cc3O[C@@](C)(OC)[C@@H]2C)OCO4)cc1. The van der Waals surface area contributed by atoms with Crippen LogP contribution in [0.4, 0.5) is 0 Å². The highest BCUT2D eigenvalue weighted by Crippen LogP contribution is 2.52. The minimum absolute atomic E-state index is 0.0961. The fourth-order valence-corrected chi connectivity index (χ4v) is 3.66. The normalized spacial score (nSPS) is 26.7. The number of hydrogen-bond donors (Lipinski definition) is 0. The van der Waals surface area contributed by atoms with Gasteiger partial charge in [-0.15, -0.1) is 0 Å². The van der Waals surface area contributed by atoms with Crippen LogP contribution < -0.4 is 18.9 Å². The zero-order valence-corrected chi connectivity index (χ0v) is 14.9. The second kappa shape index (κ2) is 5.85. The second-order valence-corrected chi connectivity index (χ2v) is 6.60. The molecule has 0 unspecified atom stereocenters. The van der Waals surface area contributed by atoms with Crippen molar-refractivity contribution < 1.29 is 23.7 Å². The molecule has 0 bridgehead atoms. The van der Waals surface area contributed by atoms with Crippen LogP contribution >= 0.6 is 0 Å². The van der Waals surface area contributed by atoms with Crippen LogP contribution in [0.3, 0.4) is 0 Å². The maximum atomic E-state index is 6.22. The maximum Gasteiger partial charge on any atom is 0.231 e. The quantitative estimate of drug-likeness (QED) is 0.845. The third-order valence-corrected chi connectivity index (χ3v) is 5.36. The van der Waals surface area contributed by atoms with E-state index in [1.54, 1.807) is 14.2 Å². The summed E-state index contributed by atoms with van der Waals surface area (Å²) in [6.07, 6.45) is 0. The summed E-state index contributed by atoms with van der Waals surface area (Å²) >= 11 is 0. The first-order chi connectivity index (χ1) is 12.1. The number of benzene rings is 2. The van der Waals surface area contributed by atoms with Gasteiger partial charge in [0.15, 0.2) is 11.5 Å². The third-order valence-electron chi connectivity index (χ3n) is 5.36. The lowest BCUT2D eigenvalue weighted by Crippen LogP contribution is -2.47. The van der Waals surface area contributed by atoms with E-state index in [-0.39, 0.29) is 18.6 Å². The fraction of sp³-hybridized carbons (Fsp3) is 0.400. The molecular weight excluding hydrogens is 320 g/mol. The molecule has 0 saturated heterocycles. The van der Waals surface area contributed by atoms with Gasteiger partial charge in [0.05, 0.1) is 7.11 Å². The lowest BCUT2D eigenvalue weighted by molar-refractivity contribution is -0.194. The van der Waals surface area contributed by atoms with Crippen molar-refractivity contribution in [2.75, 3.05) is 21.0 Å². The molecule has 0 aliphatic carbocycles. The van der Waals surface area contributed by atoms with E-state index in [0.29, 0.717) is 5.75 Å². The summed E-state index contributed by atoms with van der Waals surface area (Å²) in [6, 6.07) is 12.1. The van der Waals surface area contributed by atoms with Crippen molar-refractivity contribution in [1.29, 1.82) is 0 Å². The summed E-state index contributed by atoms with van der Waals surface area (Å²) in [5.41, 5.74) is 2.26. The lowest BCUT2D eigenvalue weighted by atomic mass is 9.75. The van der Waals surface area contributed by atoms with Crippen LogP contribution in [0.5, 0.6) is 23.0 Å². The molecule has 4 rings (SSSR count). The Labute approximate surface area is 147 Å². The molecule has 5 heteroatoms. The molecule has 3 atom stereocenters. The highest BCUT2D eigenvalue weighted by Gasteiger charge is 2.46. The van der Waals surface area contributed by atoms with Crippen LogP contribution in [0.15, 0.2) is 36.4 Å². The molecule has 132 valence electrons. The van der Waals surface area contributed by atoms with Crippen LogP contribution in [-0.4, -0.2) is 26.8 Å². The van der Waals surface area contributed by atoms with Gasteiger partial charge in [-0.3, -0.25) is 0 Å². The standard InChI is InChI=1S/C20H22O5/c1-12-19(13-5-7-14(21-3)8-6-13)15-9-17-18(24-11-23-17)10-16(15)25-20(12,2)22-4/h5-10,12,19H,11H2,1-4H3/t12-,19+,20-/m1/s1. The Morgan fingerprint density at radius 2 is 1.68 bits per heavy atom. The molecule has 0 saturated carbocycles. The van der Waals surface area contributed by atoms with Gasteiger partial charge in [-0.25, -0.2) is 0 Å². The molecule has 0 radical (unpaired) electrons. The number of ether oxygens (including phenoxy) is 5. The van der Waals surface area contributed by atoms with Crippen molar-refractivity contribution in [3.63, 3.8) is 0 Å². The van der Waals surface area contributed by atoms with Crippen LogP contribution in [0, 0.1) is 5.92 Å². The number of fused-ring (bicyclic) bond motifs is 2. The Morgan fingerprint density at radius 1 is 1.00 bits per heavy atom. The van der Waals surface area contributed by atoms with Gasteiger partial charge in [-0.1, -0.05) is 19.1 Å². The smallest absolute Gasteiger partial charge is 0.231 e. The first-order valence-corrected chi connectivity index (χ1v) is 8.37. The molecule has 2 heterocycles. The summed E-state index contributed by atoms with van der Waals surface area (Å²) in [5.74, 6) is 2.55. The van der Waals surface area contributed by atoms with Gasteiger partial charge in [0.2, 0.25) is 12.6 Å². The van der Waals surface area contributed by atoms with E-state index in [0.717, 1.165) is 22.8 Å². The summed E-state index contributed by atoms with van der Waals surface area (Å²) in [4.78, 5) is 0. The maximum absolute atomic E-state index is 6.22. The highest BCUT2D eigenvalue weighted by atomic mass is 16.7. The Balaban J connectivity index is 1.86. The van der Waals surface area contributed by atoms with Gasteiger partial charge in [0, 0.05) is 37.5 Å². The first-order valence-electron chi connectivity index (χ1n) is 8.37. The van der Waals surface area contributed by atoms with Crippen molar-refractivity contribution in [3.05, 3.63) is 47.5 Å². The van der Waals surface area contributed by atoms with E-state index in [9.17, 15) is 0 Å². The van der Waals surface area contributed by atoms with Crippen LogP contribution in [0.25, 0.3) is 0 Å². The summed E-state index contributed by atoms with van der Waals surface area (Å²) < 4.78 is 28.3. The fourth-order valence-electron chi connectivity index (χ4n) is 3.66. The van der Waals surface area contributed by atoms with Crippen molar-refractivity contribution in [3.8, 4) is 23.0 Å². The van der Waals surface area contributed by atoms with E-state index in [1.807, 2.05) is 31.2 Å². The summed E-state index contributed by atoms with van der Waals surface area (Å²) in [6.45, 7) is 4.36. The molecule has 2 aliphatic rings. The minimum atomic E-state index is -0.731. The first kappa shape index (κ1) is 16.1. The molecule has 0 fully saturated rings. The van der Waals surface area contributed by atoms with Crippen LogP contribution in [0.2, 0.25) is 0 Å². The Kier molecular flexibility index (Phi) is 3.76. The molecule has 0 N–H and O–H groups in total. The van der Waals surface area contributed by atoms with Gasteiger partial charge < -0.3 is 23.7 Å².